The fraction of sp³-hybridized carbons (Fsp3) is 0.429. The topological polar surface area (TPSA) is 141 Å². The van der Waals surface area contributed by atoms with Crippen LogP contribution in [0.3, 0.4) is 0 Å². The summed E-state index contributed by atoms with van der Waals surface area (Å²) in [5.74, 6) is -2.75. The number of carboxylic acid groups (broad SMARTS) is 1. The summed E-state index contributed by atoms with van der Waals surface area (Å²) < 4.78 is 0. The Morgan fingerprint density at radius 2 is 1.36 bits per heavy atom. The minimum absolute atomic E-state index is 0.312. The average molecular weight is 204 g/mol. The molecule has 0 spiro atoms. The van der Waals surface area contributed by atoms with Crippen LogP contribution in [-0.4, -0.2) is 28.7 Å². The molecule has 0 aromatic heterocycles. The van der Waals surface area contributed by atoms with E-state index in [2.05, 4.69) is 11.5 Å². The molecule has 0 aromatic rings. The van der Waals surface area contributed by atoms with Gasteiger partial charge in [0.2, 0.25) is 11.8 Å². The van der Waals surface area contributed by atoms with Crippen molar-refractivity contribution in [2.45, 2.75) is 19.8 Å². The lowest BCUT2D eigenvalue weighted by Gasteiger charge is -1.82. The Hall–Kier alpha value is -1.92. The summed E-state index contributed by atoms with van der Waals surface area (Å²) in [6.45, 7) is 1.24. The van der Waals surface area contributed by atoms with E-state index in [1.165, 1.54) is 6.92 Å². The monoisotopic (exact) mass is 204 g/mol. The normalized spacial score (nSPS) is 8.07. The molecule has 0 atom stereocenters. The molecule has 0 aliphatic carbocycles. The Morgan fingerprint density at radius 3 is 1.36 bits per heavy atom. The molecule has 0 aliphatic rings. The second-order valence-electron chi connectivity index (χ2n) is 2.38. The zero-order valence-electron chi connectivity index (χ0n) is 7.65. The number of Topliss-reactive ketones (excluding diaryl/α,β-unsaturated/α-hetero) is 1. The first-order chi connectivity index (χ1) is 6.25. The quantitative estimate of drug-likeness (QED) is 0.473. The van der Waals surface area contributed by atoms with Gasteiger partial charge in [0, 0.05) is 0 Å². The van der Waals surface area contributed by atoms with Crippen LogP contribution in [0.4, 0.5) is 0 Å². The van der Waals surface area contributed by atoms with E-state index in [0.29, 0.717) is 0 Å². The van der Waals surface area contributed by atoms with Gasteiger partial charge in [0.05, 0.1) is 0 Å². The summed E-state index contributed by atoms with van der Waals surface area (Å²) in [7, 11) is 0. The summed E-state index contributed by atoms with van der Waals surface area (Å²) in [6, 6.07) is 0. The van der Waals surface area contributed by atoms with Gasteiger partial charge in [-0.15, -0.1) is 0 Å². The van der Waals surface area contributed by atoms with Crippen LogP contribution in [0.5, 0.6) is 0 Å². The number of ketones is 1. The van der Waals surface area contributed by atoms with Gasteiger partial charge in [0.15, 0.2) is 0 Å². The van der Waals surface area contributed by atoms with E-state index in [4.69, 9.17) is 5.11 Å². The molecular formula is C7H12N2O5. The third kappa shape index (κ3) is 22.5. The van der Waals surface area contributed by atoms with Crippen LogP contribution in [0.2, 0.25) is 0 Å². The maximum atomic E-state index is 9.87. The molecule has 80 valence electrons. The smallest absolute Gasteiger partial charge is 0.310 e. The number of aliphatic carboxylic acids is 1. The number of hydrogen-bond acceptors (Lipinski definition) is 4. The first-order valence-corrected chi connectivity index (χ1v) is 3.53. The average Bonchev–Trinajstić information content (AvgIpc) is 1.79. The first-order valence-electron chi connectivity index (χ1n) is 3.53. The Bertz CT molecular complexity index is 198. The lowest BCUT2D eigenvalue weighted by molar-refractivity contribution is -0.139. The molecule has 0 fully saturated rings. The summed E-state index contributed by atoms with van der Waals surface area (Å²) in [4.78, 5) is 38.9. The number of carboxylic acids is 1. The summed E-state index contributed by atoms with van der Waals surface area (Å²) in [5, 5.41) is 7.86. The van der Waals surface area contributed by atoms with E-state index in [9.17, 15) is 19.2 Å². The highest BCUT2D eigenvalue weighted by Crippen LogP contribution is 1.77. The van der Waals surface area contributed by atoms with Crippen molar-refractivity contribution in [1.82, 2.24) is 0 Å². The number of rotatable bonds is 4. The van der Waals surface area contributed by atoms with Crippen LogP contribution in [0.15, 0.2) is 0 Å². The van der Waals surface area contributed by atoms with E-state index in [1.807, 2.05) is 0 Å². The maximum Gasteiger partial charge on any atom is 0.310 e. The highest BCUT2D eigenvalue weighted by atomic mass is 16.4. The Morgan fingerprint density at radius 1 is 1.00 bits per heavy atom. The zero-order valence-corrected chi connectivity index (χ0v) is 7.65. The van der Waals surface area contributed by atoms with E-state index in [-0.39, 0.29) is 18.6 Å². The molecule has 7 nitrogen and oxygen atoms in total. The van der Waals surface area contributed by atoms with Gasteiger partial charge in [0.1, 0.15) is 18.6 Å². The van der Waals surface area contributed by atoms with Crippen LogP contribution in [0, 0.1) is 0 Å². The number of amides is 2. The lowest BCUT2D eigenvalue weighted by Crippen LogP contribution is -2.21. The molecule has 5 N–H and O–H groups in total. The Kier molecular flexibility index (Phi) is 8.04. The van der Waals surface area contributed by atoms with E-state index in [0.717, 1.165) is 0 Å². The lowest BCUT2D eigenvalue weighted by atomic mass is 10.3. The predicted molar refractivity (Wildman–Crippen MR) is 45.9 cm³/mol. The predicted octanol–water partition coefficient (Wildman–Crippen LogP) is -1.60. The van der Waals surface area contributed by atoms with Gasteiger partial charge in [-0.3, -0.25) is 19.2 Å². The number of hydrogen-bond donors (Lipinski definition) is 3. The minimum Gasteiger partial charge on any atom is -0.481 e. The summed E-state index contributed by atoms with van der Waals surface area (Å²) in [5.41, 5.74) is 9.11. The summed E-state index contributed by atoms with van der Waals surface area (Å²) in [6.07, 6.45) is -0.722. The van der Waals surface area contributed by atoms with Gasteiger partial charge in [-0.25, -0.2) is 0 Å². The summed E-state index contributed by atoms with van der Waals surface area (Å²) >= 11 is 0. The van der Waals surface area contributed by atoms with Crippen LogP contribution in [0.1, 0.15) is 19.8 Å². The highest BCUT2D eigenvalue weighted by Gasteiger charge is 1.98. The minimum atomic E-state index is -1.06. The van der Waals surface area contributed by atoms with Crippen molar-refractivity contribution in [3.05, 3.63) is 0 Å². The van der Waals surface area contributed by atoms with Crippen molar-refractivity contribution in [2.24, 2.45) is 11.5 Å². The van der Waals surface area contributed by atoms with Crippen molar-refractivity contribution in [3.8, 4) is 0 Å². The van der Waals surface area contributed by atoms with Gasteiger partial charge in [-0.1, -0.05) is 0 Å². The molecular weight excluding hydrogens is 192 g/mol. The molecule has 0 saturated carbocycles. The van der Waals surface area contributed by atoms with Crippen LogP contribution in [0.25, 0.3) is 0 Å². The SMILES string of the molecule is CC(=O)CC(=O)O.NC(=O)CC(N)=O. The van der Waals surface area contributed by atoms with Gasteiger partial charge >= 0.3 is 5.97 Å². The van der Waals surface area contributed by atoms with Crippen LogP contribution in [-0.2, 0) is 19.2 Å². The van der Waals surface area contributed by atoms with Crippen LogP contribution >= 0.6 is 0 Å². The third-order valence-corrected chi connectivity index (χ3v) is 0.749. The Balaban J connectivity index is 0. The molecule has 0 heterocycles. The number of carbonyl (C=O) groups is 4. The second kappa shape index (κ2) is 7.71. The molecule has 14 heavy (non-hydrogen) atoms. The molecule has 0 aromatic carbocycles. The number of primary amides is 2. The van der Waals surface area contributed by atoms with Crippen molar-refractivity contribution < 1.29 is 24.3 Å². The molecule has 0 saturated heterocycles. The van der Waals surface area contributed by atoms with Gasteiger partial charge in [-0.2, -0.15) is 0 Å². The molecule has 0 aliphatic heterocycles. The first kappa shape index (κ1) is 14.6. The molecule has 0 bridgehead atoms. The Labute approximate surface area is 80.1 Å². The largest absolute Gasteiger partial charge is 0.481 e. The van der Waals surface area contributed by atoms with E-state index >= 15 is 0 Å². The molecule has 0 unspecified atom stereocenters. The van der Waals surface area contributed by atoms with Crippen molar-refractivity contribution in [3.63, 3.8) is 0 Å². The van der Waals surface area contributed by atoms with Gasteiger partial charge in [0.25, 0.3) is 0 Å². The highest BCUT2D eigenvalue weighted by molar-refractivity contribution is 5.95. The second-order valence-corrected chi connectivity index (χ2v) is 2.38. The zero-order chi connectivity index (χ0) is 11.7. The third-order valence-electron chi connectivity index (χ3n) is 0.749. The van der Waals surface area contributed by atoms with Crippen molar-refractivity contribution in [1.29, 1.82) is 0 Å². The van der Waals surface area contributed by atoms with Gasteiger partial charge < -0.3 is 16.6 Å². The van der Waals surface area contributed by atoms with Gasteiger partial charge in [-0.05, 0) is 6.92 Å². The molecule has 0 radical (unpaired) electrons. The molecule has 2 amide bonds. The molecule has 7 heteroatoms. The fourth-order valence-electron chi connectivity index (χ4n) is 0.385. The van der Waals surface area contributed by atoms with Crippen molar-refractivity contribution >= 4 is 23.6 Å². The van der Waals surface area contributed by atoms with E-state index in [1.54, 1.807) is 0 Å². The number of carbonyl (C=O) groups excluding carboxylic acids is 3. The fourth-order valence-corrected chi connectivity index (χ4v) is 0.385. The number of nitrogens with two attached hydrogens (primary N) is 2. The van der Waals surface area contributed by atoms with Crippen LogP contribution < -0.4 is 11.5 Å². The standard InChI is InChI=1S/C4H6O3.C3H6N2O2/c1-3(5)2-4(6)7;4-2(6)1-3(5)7/h2H2,1H3,(H,6,7);1H2,(H2,4,6)(H2,5,7). The van der Waals surface area contributed by atoms with Crippen molar-refractivity contribution in [2.75, 3.05) is 0 Å². The maximum absolute atomic E-state index is 9.87. The van der Waals surface area contributed by atoms with E-state index < -0.39 is 17.8 Å². The molecule has 0 rings (SSSR count).